The van der Waals surface area contributed by atoms with Crippen molar-refractivity contribution < 1.29 is 24.8 Å². The number of hydrogen-bond donors (Lipinski definition) is 3. The summed E-state index contributed by atoms with van der Waals surface area (Å²) in [6.45, 7) is -0.0184. The predicted octanol–water partition coefficient (Wildman–Crippen LogP) is 4.60. The Bertz CT molecular complexity index is 1140. The van der Waals surface area contributed by atoms with Crippen LogP contribution in [0.3, 0.4) is 0 Å². The van der Waals surface area contributed by atoms with Gasteiger partial charge in [0.05, 0.1) is 6.61 Å². The summed E-state index contributed by atoms with van der Waals surface area (Å²) in [5, 5.41) is 32.2. The molecule has 190 valence electrons. The molecule has 0 bridgehead atoms. The number of benzene rings is 4. The first kappa shape index (κ1) is 25.7. The predicted molar refractivity (Wildman–Crippen MR) is 144 cm³/mol. The molecule has 0 spiro atoms. The van der Waals surface area contributed by atoms with Gasteiger partial charge in [0.25, 0.3) is 0 Å². The van der Waals surface area contributed by atoms with Crippen LogP contribution in [0.2, 0.25) is 0 Å². The summed E-state index contributed by atoms with van der Waals surface area (Å²) in [4.78, 5) is 0.891. The second-order valence-corrected chi connectivity index (χ2v) is 10.2. The maximum atomic E-state index is 10.9. The zero-order chi connectivity index (χ0) is 25.7. The molecule has 3 N–H and O–H groups in total. The van der Waals surface area contributed by atoms with Gasteiger partial charge >= 0.3 is 0 Å². The second kappa shape index (κ2) is 11.6. The molecule has 1 heterocycles. The summed E-state index contributed by atoms with van der Waals surface area (Å²) in [6, 6.07) is 39.3. The Morgan fingerprint density at radius 2 is 1.03 bits per heavy atom. The van der Waals surface area contributed by atoms with Crippen molar-refractivity contribution in [3.05, 3.63) is 138 Å². The van der Waals surface area contributed by atoms with Crippen molar-refractivity contribution in [3.63, 3.8) is 0 Å². The van der Waals surface area contributed by atoms with E-state index in [9.17, 15) is 15.3 Å². The number of aliphatic hydroxyl groups is 3. The summed E-state index contributed by atoms with van der Waals surface area (Å²) in [7, 11) is 0. The third-order valence-electron chi connectivity index (χ3n) is 6.67. The van der Waals surface area contributed by atoms with Crippen LogP contribution in [0.15, 0.2) is 126 Å². The van der Waals surface area contributed by atoms with Crippen molar-refractivity contribution in [2.45, 2.75) is 40.3 Å². The molecular formula is C31H30O5S. The van der Waals surface area contributed by atoms with Crippen LogP contribution in [0.5, 0.6) is 0 Å². The minimum atomic E-state index is -1.37. The van der Waals surface area contributed by atoms with E-state index >= 15 is 0 Å². The number of aliphatic hydroxyl groups excluding tert-OH is 3. The lowest BCUT2D eigenvalue weighted by Crippen LogP contribution is -2.58. The van der Waals surface area contributed by atoms with E-state index in [2.05, 4.69) is 0 Å². The minimum absolute atomic E-state index is 0.0184. The Hall–Kier alpha value is -2.97. The quantitative estimate of drug-likeness (QED) is 0.299. The maximum Gasteiger partial charge on any atom is 0.143 e. The molecule has 1 aliphatic heterocycles. The molecule has 1 fully saturated rings. The highest BCUT2D eigenvalue weighted by Crippen LogP contribution is 2.41. The van der Waals surface area contributed by atoms with Gasteiger partial charge in [-0.1, -0.05) is 121 Å². The van der Waals surface area contributed by atoms with E-state index in [0.717, 1.165) is 21.6 Å². The maximum absolute atomic E-state index is 10.9. The van der Waals surface area contributed by atoms with Crippen LogP contribution in [0.1, 0.15) is 16.7 Å². The summed E-state index contributed by atoms with van der Waals surface area (Å²) < 4.78 is 13.0. The number of rotatable bonds is 8. The third-order valence-corrected chi connectivity index (χ3v) is 7.84. The average Bonchev–Trinajstić information content (AvgIpc) is 2.96. The molecule has 5 atom stereocenters. The van der Waals surface area contributed by atoms with Crippen LogP contribution in [0.4, 0.5) is 0 Å². The van der Waals surface area contributed by atoms with E-state index in [0.29, 0.717) is 0 Å². The van der Waals surface area contributed by atoms with E-state index < -0.39 is 35.5 Å². The van der Waals surface area contributed by atoms with Crippen molar-refractivity contribution >= 4 is 11.8 Å². The van der Waals surface area contributed by atoms with Gasteiger partial charge in [0.15, 0.2) is 0 Å². The van der Waals surface area contributed by atoms with Crippen LogP contribution in [0, 0.1) is 0 Å². The molecule has 4 aromatic rings. The van der Waals surface area contributed by atoms with E-state index in [1.54, 1.807) is 0 Å². The molecule has 0 aromatic heterocycles. The van der Waals surface area contributed by atoms with Crippen LogP contribution in [0.25, 0.3) is 0 Å². The molecule has 1 aliphatic rings. The lowest BCUT2D eigenvalue weighted by atomic mass is 9.80. The SMILES string of the molecule is OC1[C@H](O)C(COC(c2ccccc2)(c2ccccc2)c2ccccc2)O[C@H](Sc2ccccc2)[C@@H]1O. The Balaban J connectivity index is 1.49. The largest absolute Gasteiger partial charge is 0.387 e. The average molecular weight is 515 g/mol. The molecule has 1 saturated heterocycles. The van der Waals surface area contributed by atoms with Crippen LogP contribution in [-0.2, 0) is 15.1 Å². The molecule has 5 nitrogen and oxygen atoms in total. The number of ether oxygens (including phenoxy) is 2. The standard InChI is InChI=1S/C31H30O5S/c32-27-26(36-30(29(34)28(27)33)37-25-19-11-4-12-20-25)21-35-31(22-13-5-1-6-14-22,23-15-7-2-8-16-23)24-17-9-3-10-18-24/h1-20,26-30,32-34H,21H2/t26?,27-,28?,29-,30-/m1/s1. The Morgan fingerprint density at radius 1 is 0.595 bits per heavy atom. The Labute approximate surface area is 221 Å². The topological polar surface area (TPSA) is 79.2 Å². The first-order valence-corrected chi connectivity index (χ1v) is 13.2. The van der Waals surface area contributed by atoms with Crippen LogP contribution in [-0.4, -0.2) is 51.8 Å². The fraction of sp³-hybridized carbons (Fsp3) is 0.226. The van der Waals surface area contributed by atoms with Crippen molar-refractivity contribution in [1.82, 2.24) is 0 Å². The van der Waals surface area contributed by atoms with E-state index in [4.69, 9.17) is 9.47 Å². The molecule has 4 aromatic carbocycles. The molecule has 5 rings (SSSR count). The summed E-state index contributed by atoms with van der Waals surface area (Å²) in [5.41, 5.74) is 1.01. The van der Waals surface area contributed by atoms with Crippen LogP contribution < -0.4 is 0 Å². The van der Waals surface area contributed by atoms with Gasteiger partial charge in [-0.2, -0.15) is 0 Å². The highest BCUT2D eigenvalue weighted by molar-refractivity contribution is 7.99. The zero-order valence-corrected chi connectivity index (χ0v) is 21.0. The monoisotopic (exact) mass is 514 g/mol. The van der Waals surface area contributed by atoms with E-state index in [-0.39, 0.29) is 6.61 Å². The van der Waals surface area contributed by atoms with Crippen molar-refractivity contribution in [1.29, 1.82) is 0 Å². The minimum Gasteiger partial charge on any atom is -0.387 e. The van der Waals surface area contributed by atoms with Gasteiger partial charge in [-0.05, 0) is 28.8 Å². The van der Waals surface area contributed by atoms with Gasteiger partial charge in [0.1, 0.15) is 35.5 Å². The van der Waals surface area contributed by atoms with Crippen molar-refractivity contribution in [3.8, 4) is 0 Å². The molecule has 0 amide bonds. The van der Waals surface area contributed by atoms with Crippen molar-refractivity contribution in [2.24, 2.45) is 0 Å². The number of thioether (sulfide) groups is 1. The van der Waals surface area contributed by atoms with Crippen LogP contribution >= 0.6 is 11.8 Å². The highest BCUT2D eigenvalue weighted by atomic mass is 32.2. The second-order valence-electron chi connectivity index (χ2n) is 9.04. The highest BCUT2D eigenvalue weighted by Gasteiger charge is 2.46. The van der Waals surface area contributed by atoms with E-state index in [1.807, 2.05) is 121 Å². The molecule has 0 radical (unpaired) electrons. The third kappa shape index (κ3) is 5.36. The molecule has 2 unspecified atom stereocenters. The molecule has 37 heavy (non-hydrogen) atoms. The summed E-state index contributed by atoms with van der Waals surface area (Å²) in [5.74, 6) is 0. The van der Waals surface area contributed by atoms with Crippen molar-refractivity contribution in [2.75, 3.05) is 6.61 Å². The molecule has 0 aliphatic carbocycles. The first-order chi connectivity index (χ1) is 18.1. The summed E-state index contributed by atoms with van der Waals surface area (Å²) in [6.07, 6.45) is -4.81. The zero-order valence-electron chi connectivity index (χ0n) is 20.2. The Kier molecular flexibility index (Phi) is 8.05. The molecule has 6 heteroatoms. The number of hydrogen-bond acceptors (Lipinski definition) is 6. The van der Waals surface area contributed by atoms with Gasteiger partial charge in [-0.15, -0.1) is 0 Å². The van der Waals surface area contributed by atoms with Gasteiger partial charge in [-0.25, -0.2) is 0 Å². The Morgan fingerprint density at radius 3 is 1.49 bits per heavy atom. The molecule has 0 saturated carbocycles. The fourth-order valence-corrected chi connectivity index (χ4v) is 5.84. The lowest BCUT2D eigenvalue weighted by molar-refractivity contribution is -0.216. The van der Waals surface area contributed by atoms with E-state index in [1.165, 1.54) is 11.8 Å². The van der Waals surface area contributed by atoms with Gasteiger partial charge in [0.2, 0.25) is 0 Å². The smallest absolute Gasteiger partial charge is 0.143 e. The summed E-state index contributed by atoms with van der Waals surface area (Å²) >= 11 is 1.31. The first-order valence-electron chi connectivity index (χ1n) is 12.3. The van der Waals surface area contributed by atoms with Gasteiger partial charge in [0, 0.05) is 4.90 Å². The fourth-order valence-electron chi connectivity index (χ4n) is 4.76. The molecular weight excluding hydrogens is 484 g/mol. The van der Waals surface area contributed by atoms with Gasteiger partial charge in [-0.3, -0.25) is 0 Å². The lowest BCUT2D eigenvalue weighted by Gasteiger charge is -2.42. The van der Waals surface area contributed by atoms with Gasteiger partial charge < -0.3 is 24.8 Å². The normalized spacial score (nSPS) is 24.0.